The normalized spacial score (nSPS) is 24.4. The molecule has 1 aromatic heterocycles. The van der Waals surface area contributed by atoms with E-state index in [4.69, 9.17) is 0 Å². The molecule has 0 aliphatic heterocycles. The van der Waals surface area contributed by atoms with Gasteiger partial charge < -0.3 is 9.88 Å². The standard InChI is InChI=1S/C16H26N2/c1-2-17-16-9-5-8-14-11-18(12-15(14)16)10-13-6-3-4-7-13/h11-13,16-17H,2-10H2,1H3. The van der Waals surface area contributed by atoms with Crippen molar-refractivity contribution in [1.82, 2.24) is 9.88 Å². The monoisotopic (exact) mass is 246 g/mol. The van der Waals surface area contributed by atoms with E-state index in [1.807, 2.05) is 0 Å². The molecule has 1 fully saturated rings. The van der Waals surface area contributed by atoms with Crippen molar-refractivity contribution in [2.75, 3.05) is 6.54 Å². The van der Waals surface area contributed by atoms with Gasteiger partial charge in [-0.05, 0) is 55.7 Å². The van der Waals surface area contributed by atoms with Crippen LogP contribution in [0.15, 0.2) is 12.4 Å². The second-order valence-corrected chi connectivity index (χ2v) is 6.09. The van der Waals surface area contributed by atoms with Crippen LogP contribution in [0.3, 0.4) is 0 Å². The fourth-order valence-corrected chi connectivity index (χ4v) is 3.80. The molecular weight excluding hydrogens is 220 g/mol. The lowest BCUT2D eigenvalue weighted by Gasteiger charge is -2.22. The van der Waals surface area contributed by atoms with Gasteiger partial charge in [-0.2, -0.15) is 0 Å². The zero-order valence-corrected chi connectivity index (χ0v) is 11.6. The average Bonchev–Trinajstić information content (AvgIpc) is 2.99. The third-order valence-electron chi connectivity index (χ3n) is 4.71. The molecule has 1 saturated carbocycles. The molecule has 2 nitrogen and oxygen atoms in total. The van der Waals surface area contributed by atoms with Crippen LogP contribution in [0.4, 0.5) is 0 Å². The van der Waals surface area contributed by atoms with Gasteiger partial charge in [-0.25, -0.2) is 0 Å². The van der Waals surface area contributed by atoms with Gasteiger partial charge in [0.25, 0.3) is 0 Å². The van der Waals surface area contributed by atoms with E-state index in [0.717, 1.165) is 12.5 Å². The van der Waals surface area contributed by atoms with Crippen LogP contribution in [0.5, 0.6) is 0 Å². The number of rotatable bonds is 4. The van der Waals surface area contributed by atoms with Crippen LogP contribution in [0, 0.1) is 5.92 Å². The summed E-state index contributed by atoms with van der Waals surface area (Å²) in [5.41, 5.74) is 3.19. The maximum absolute atomic E-state index is 3.63. The number of nitrogens with one attached hydrogen (secondary N) is 1. The Morgan fingerprint density at radius 2 is 2.00 bits per heavy atom. The van der Waals surface area contributed by atoms with E-state index in [0.29, 0.717) is 6.04 Å². The molecule has 0 radical (unpaired) electrons. The molecule has 1 heterocycles. The van der Waals surface area contributed by atoms with E-state index in [9.17, 15) is 0 Å². The third kappa shape index (κ3) is 2.49. The average molecular weight is 246 g/mol. The van der Waals surface area contributed by atoms with E-state index in [1.54, 1.807) is 11.1 Å². The van der Waals surface area contributed by atoms with Gasteiger partial charge in [-0.3, -0.25) is 0 Å². The summed E-state index contributed by atoms with van der Waals surface area (Å²) in [4.78, 5) is 0. The predicted molar refractivity (Wildman–Crippen MR) is 75.7 cm³/mol. The van der Waals surface area contributed by atoms with Crippen LogP contribution in [-0.4, -0.2) is 11.1 Å². The van der Waals surface area contributed by atoms with Crippen LogP contribution in [-0.2, 0) is 13.0 Å². The van der Waals surface area contributed by atoms with Crippen LogP contribution in [0.1, 0.15) is 62.6 Å². The number of aryl methyl sites for hydroxylation is 1. The predicted octanol–water partition coefficient (Wildman–Crippen LogP) is 3.67. The summed E-state index contributed by atoms with van der Waals surface area (Å²) in [6.45, 7) is 4.55. The highest BCUT2D eigenvalue weighted by molar-refractivity contribution is 5.30. The van der Waals surface area contributed by atoms with E-state index < -0.39 is 0 Å². The second-order valence-electron chi connectivity index (χ2n) is 6.09. The first-order chi connectivity index (χ1) is 8.86. The van der Waals surface area contributed by atoms with E-state index >= 15 is 0 Å². The summed E-state index contributed by atoms with van der Waals surface area (Å²) in [7, 11) is 0. The van der Waals surface area contributed by atoms with Gasteiger partial charge in [-0.1, -0.05) is 19.8 Å². The van der Waals surface area contributed by atoms with Crippen molar-refractivity contribution in [1.29, 1.82) is 0 Å². The van der Waals surface area contributed by atoms with Crippen molar-refractivity contribution in [2.45, 2.75) is 64.5 Å². The lowest BCUT2D eigenvalue weighted by atomic mass is 9.91. The third-order valence-corrected chi connectivity index (χ3v) is 4.71. The Kier molecular flexibility index (Phi) is 3.74. The van der Waals surface area contributed by atoms with Crippen molar-refractivity contribution in [2.24, 2.45) is 5.92 Å². The molecule has 18 heavy (non-hydrogen) atoms. The molecule has 0 spiro atoms. The van der Waals surface area contributed by atoms with Crippen LogP contribution in [0.2, 0.25) is 0 Å². The molecule has 0 saturated heterocycles. The van der Waals surface area contributed by atoms with Gasteiger partial charge in [0.1, 0.15) is 0 Å². The molecule has 2 aliphatic carbocycles. The molecule has 1 N–H and O–H groups in total. The minimum absolute atomic E-state index is 0.614. The highest BCUT2D eigenvalue weighted by atomic mass is 15.0. The highest BCUT2D eigenvalue weighted by Gasteiger charge is 2.22. The molecule has 1 atom stereocenters. The fourth-order valence-electron chi connectivity index (χ4n) is 3.80. The van der Waals surface area contributed by atoms with E-state index in [-0.39, 0.29) is 0 Å². The molecule has 1 aromatic rings. The summed E-state index contributed by atoms with van der Waals surface area (Å²) in [5.74, 6) is 0.941. The molecule has 0 aromatic carbocycles. The Balaban J connectivity index is 1.73. The van der Waals surface area contributed by atoms with Gasteiger partial charge in [0.05, 0.1) is 0 Å². The lowest BCUT2D eigenvalue weighted by Crippen LogP contribution is -2.23. The van der Waals surface area contributed by atoms with Crippen molar-refractivity contribution in [3.05, 3.63) is 23.5 Å². The Morgan fingerprint density at radius 3 is 2.78 bits per heavy atom. The topological polar surface area (TPSA) is 17.0 Å². The number of aromatic nitrogens is 1. The van der Waals surface area contributed by atoms with Gasteiger partial charge in [0.2, 0.25) is 0 Å². The molecule has 1 unspecified atom stereocenters. The zero-order valence-electron chi connectivity index (χ0n) is 11.6. The highest BCUT2D eigenvalue weighted by Crippen LogP contribution is 2.32. The van der Waals surface area contributed by atoms with Crippen molar-refractivity contribution in [3.63, 3.8) is 0 Å². The first-order valence-corrected chi connectivity index (χ1v) is 7.78. The Morgan fingerprint density at radius 1 is 1.17 bits per heavy atom. The fraction of sp³-hybridized carbons (Fsp3) is 0.750. The van der Waals surface area contributed by atoms with E-state index in [1.165, 1.54) is 51.5 Å². The van der Waals surface area contributed by atoms with Crippen molar-refractivity contribution in [3.8, 4) is 0 Å². The molecule has 0 amide bonds. The number of nitrogens with zero attached hydrogens (tertiary/aromatic N) is 1. The maximum Gasteiger partial charge on any atom is 0.0338 e. The Hall–Kier alpha value is -0.760. The minimum Gasteiger partial charge on any atom is -0.353 e. The van der Waals surface area contributed by atoms with Gasteiger partial charge in [-0.15, -0.1) is 0 Å². The largest absolute Gasteiger partial charge is 0.353 e. The first-order valence-electron chi connectivity index (χ1n) is 7.78. The SMILES string of the molecule is CCNC1CCCc2cn(CC3CCCC3)cc21. The summed E-state index contributed by atoms with van der Waals surface area (Å²) in [6, 6.07) is 0.614. The van der Waals surface area contributed by atoms with Gasteiger partial charge in [0.15, 0.2) is 0 Å². The lowest BCUT2D eigenvalue weighted by molar-refractivity contribution is 0.455. The molecular formula is C16H26N2. The molecule has 100 valence electrons. The summed E-state index contributed by atoms with van der Waals surface area (Å²) in [6.07, 6.45) is 14.6. The maximum atomic E-state index is 3.63. The molecule has 0 bridgehead atoms. The molecule has 2 aliphatic rings. The van der Waals surface area contributed by atoms with Crippen LogP contribution < -0.4 is 5.32 Å². The summed E-state index contributed by atoms with van der Waals surface area (Å²) < 4.78 is 2.48. The Labute approximate surface area is 111 Å². The van der Waals surface area contributed by atoms with Crippen LogP contribution in [0.25, 0.3) is 0 Å². The molecule has 3 rings (SSSR count). The number of hydrogen-bond donors (Lipinski definition) is 1. The van der Waals surface area contributed by atoms with Crippen molar-refractivity contribution < 1.29 is 0 Å². The summed E-state index contributed by atoms with van der Waals surface area (Å²) >= 11 is 0. The van der Waals surface area contributed by atoms with Gasteiger partial charge in [0, 0.05) is 25.0 Å². The molecule has 2 heteroatoms. The number of fused-ring (bicyclic) bond motifs is 1. The zero-order chi connectivity index (χ0) is 12.4. The smallest absolute Gasteiger partial charge is 0.0338 e. The number of hydrogen-bond acceptors (Lipinski definition) is 1. The van der Waals surface area contributed by atoms with E-state index in [2.05, 4.69) is 29.2 Å². The quantitative estimate of drug-likeness (QED) is 0.858. The van der Waals surface area contributed by atoms with Crippen LogP contribution >= 0.6 is 0 Å². The Bertz CT molecular complexity index is 388. The van der Waals surface area contributed by atoms with Gasteiger partial charge >= 0.3 is 0 Å². The first kappa shape index (κ1) is 12.3. The second kappa shape index (κ2) is 5.48. The minimum atomic E-state index is 0.614. The van der Waals surface area contributed by atoms with Crippen molar-refractivity contribution >= 4 is 0 Å². The summed E-state index contributed by atoms with van der Waals surface area (Å²) in [5, 5.41) is 3.63.